The third-order valence-electron chi connectivity index (χ3n) is 9.79. The van der Waals surface area contributed by atoms with Gasteiger partial charge in [0.05, 0.1) is 31.2 Å². The Morgan fingerprint density at radius 2 is 1.81 bits per heavy atom. The number of hydrogen-bond acceptors (Lipinski definition) is 8. The van der Waals surface area contributed by atoms with Crippen LogP contribution in [0.1, 0.15) is 47.7 Å². The Labute approximate surface area is 251 Å². The molecule has 218 valence electrons. The van der Waals surface area contributed by atoms with Crippen molar-refractivity contribution in [2.45, 2.75) is 44.7 Å². The summed E-state index contributed by atoms with van der Waals surface area (Å²) in [6.45, 7) is 3.27. The second-order valence-corrected chi connectivity index (χ2v) is 12.2. The maximum Gasteiger partial charge on any atom is 0.183 e. The number of aromatic nitrogens is 5. The van der Waals surface area contributed by atoms with Crippen molar-refractivity contribution in [3.63, 3.8) is 0 Å². The zero-order chi connectivity index (χ0) is 29.0. The predicted molar refractivity (Wildman–Crippen MR) is 168 cm³/mol. The average Bonchev–Trinajstić information content (AvgIpc) is 3.55. The van der Waals surface area contributed by atoms with E-state index in [1.54, 1.807) is 7.11 Å². The first-order valence-electron chi connectivity index (χ1n) is 15.3. The SMILES string of the molecule is COc1ccc(Cn2nc(N3CCCc4ncccc43)c3ncc(N4CCC5(CC4)Cc4ccccc4[C@H]5N)nc32)cc1. The lowest BCUT2D eigenvalue weighted by Gasteiger charge is -2.42. The number of methoxy groups -OCH3 is 1. The second-order valence-electron chi connectivity index (χ2n) is 12.2. The molecule has 5 heterocycles. The van der Waals surface area contributed by atoms with Gasteiger partial charge in [-0.25, -0.2) is 14.6 Å². The minimum absolute atomic E-state index is 0.0924. The molecule has 2 aliphatic heterocycles. The van der Waals surface area contributed by atoms with Crippen LogP contribution < -0.4 is 20.3 Å². The standard InChI is InChI=1S/C34H36N8O/c1-43-25-12-10-23(11-13-25)22-42-32-30(33(39-42)41-17-5-8-27-28(41)9-4-16-36-27)37-21-29(38-32)40-18-14-34(15-19-40)20-24-6-2-3-7-26(24)31(34)35/h2-4,6-7,9-13,16,21,31H,5,8,14-15,17-20,22,35H2,1H3/t31-/m1/s1. The summed E-state index contributed by atoms with van der Waals surface area (Å²) in [5.41, 5.74) is 14.7. The van der Waals surface area contributed by atoms with Crippen molar-refractivity contribution in [1.29, 1.82) is 0 Å². The van der Waals surface area contributed by atoms with Crippen LogP contribution in [-0.2, 0) is 19.4 Å². The molecule has 1 fully saturated rings. The molecule has 2 aromatic carbocycles. The van der Waals surface area contributed by atoms with E-state index >= 15 is 0 Å². The molecule has 5 aromatic rings. The van der Waals surface area contributed by atoms with E-state index in [2.05, 4.69) is 57.2 Å². The van der Waals surface area contributed by atoms with Gasteiger partial charge in [0.15, 0.2) is 17.0 Å². The van der Waals surface area contributed by atoms with Crippen LogP contribution in [0.4, 0.5) is 17.3 Å². The Bertz CT molecular complexity index is 1790. The highest BCUT2D eigenvalue weighted by atomic mass is 16.5. The van der Waals surface area contributed by atoms with E-state index in [9.17, 15) is 0 Å². The van der Waals surface area contributed by atoms with E-state index in [0.29, 0.717) is 6.54 Å². The molecule has 0 radical (unpaired) electrons. The summed E-state index contributed by atoms with van der Waals surface area (Å²) in [5.74, 6) is 2.57. The van der Waals surface area contributed by atoms with E-state index in [0.717, 1.165) is 97.2 Å². The van der Waals surface area contributed by atoms with Crippen molar-refractivity contribution in [2.75, 3.05) is 36.5 Å². The number of benzene rings is 2. The number of anilines is 3. The van der Waals surface area contributed by atoms with Crippen molar-refractivity contribution >= 4 is 28.5 Å². The molecule has 0 saturated carbocycles. The molecular weight excluding hydrogens is 536 g/mol. The van der Waals surface area contributed by atoms with Gasteiger partial charge >= 0.3 is 0 Å². The number of aryl methyl sites for hydroxylation is 1. The number of nitrogens with two attached hydrogens (primary N) is 1. The average molecular weight is 573 g/mol. The van der Waals surface area contributed by atoms with Crippen molar-refractivity contribution < 1.29 is 4.74 Å². The van der Waals surface area contributed by atoms with Gasteiger partial charge in [-0.05, 0) is 78.5 Å². The fraction of sp³-hybridized carbons (Fsp3) is 0.353. The normalized spacial score (nSPS) is 19.1. The molecule has 8 rings (SSSR count). The van der Waals surface area contributed by atoms with Gasteiger partial charge in [0.2, 0.25) is 0 Å². The summed E-state index contributed by atoms with van der Waals surface area (Å²) in [5, 5.41) is 5.15. The molecule has 3 aliphatic rings. The minimum atomic E-state index is 0.0924. The number of pyridine rings is 1. The summed E-state index contributed by atoms with van der Waals surface area (Å²) in [6, 6.07) is 21.0. The van der Waals surface area contributed by atoms with Crippen LogP contribution in [0.3, 0.4) is 0 Å². The van der Waals surface area contributed by atoms with Crippen molar-refractivity contribution in [1.82, 2.24) is 24.7 Å². The molecule has 0 amide bonds. The zero-order valence-corrected chi connectivity index (χ0v) is 24.5. The molecule has 2 N–H and O–H groups in total. The van der Waals surface area contributed by atoms with Gasteiger partial charge in [-0.3, -0.25) is 4.98 Å². The number of hydrogen-bond donors (Lipinski definition) is 1. The summed E-state index contributed by atoms with van der Waals surface area (Å²) in [7, 11) is 1.69. The highest BCUT2D eigenvalue weighted by Crippen LogP contribution is 2.51. The van der Waals surface area contributed by atoms with Crippen LogP contribution in [0.2, 0.25) is 0 Å². The summed E-state index contributed by atoms with van der Waals surface area (Å²) in [4.78, 5) is 19.6. The van der Waals surface area contributed by atoms with Gasteiger partial charge in [0.25, 0.3) is 0 Å². The fourth-order valence-corrected chi connectivity index (χ4v) is 7.36. The number of nitrogens with zero attached hydrogens (tertiary/aromatic N) is 7. The number of piperidine rings is 1. The monoisotopic (exact) mass is 572 g/mol. The summed E-state index contributed by atoms with van der Waals surface area (Å²) < 4.78 is 7.38. The Kier molecular flexibility index (Phi) is 6.29. The van der Waals surface area contributed by atoms with Gasteiger partial charge in [-0.1, -0.05) is 36.4 Å². The third-order valence-corrected chi connectivity index (χ3v) is 9.79. The molecule has 0 bridgehead atoms. The van der Waals surface area contributed by atoms with E-state index in [1.807, 2.05) is 35.3 Å². The number of ether oxygens (including phenoxy) is 1. The van der Waals surface area contributed by atoms with E-state index in [1.165, 1.54) is 11.1 Å². The van der Waals surface area contributed by atoms with E-state index < -0.39 is 0 Å². The lowest BCUT2D eigenvalue weighted by atomic mass is 9.73. The van der Waals surface area contributed by atoms with Crippen molar-refractivity contribution in [3.05, 3.63) is 95.4 Å². The largest absolute Gasteiger partial charge is 0.497 e. The van der Waals surface area contributed by atoms with Crippen molar-refractivity contribution in [3.8, 4) is 5.75 Å². The quantitative estimate of drug-likeness (QED) is 0.307. The highest BCUT2D eigenvalue weighted by Gasteiger charge is 2.46. The van der Waals surface area contributed by atoms with Crippen LogP contribution in [0.15, 0.2) is 73.1 Å². The number of fused-ring (bicyclic) bond motifs is 3. The minimum Gasteiger partial charge on any atom is -0.497 e. The summed E-state index contributed by atoms with van der Waals surface area (Å²) >= 11 is 0. The zero-order valence-electron chi connectivity index (χ0n) is 24.5. The Morgan fingerprint density at radius 1 is 0.977 bits per heavy atom. The first kappa shape index (κ1) is 26.2. The lowest BCUT2D eigenvalue weighted by molar-refractivity contribution is 0.187. The maximum atomic E-state index is 6.86. The molecule has 9 nitrogen and oxygen atoms in total. The smallest absolute Gasteiger partial charge is 0.183 e. The second kappa shape index (κ2) is 10.3. The third kappa shape index (κ3) is 4.41. The van der Waals surface area contributed by atoms with Crippen LogP contribution in [0, 0.1) is 5.41 Å². The molecule has 9 heteroatoms. The topological polar surface area (TPSA) is 98.2 Å². The van der Waals surface area contributed by atoms with Crippen molar-refractivity contribution in [2.24, 2.45) is 11.1 Å². The maximum absolute atomic E-state index is 6.86. The van der Waals surface area contributed by atoms with Crippen LogP contribution in [0.5, 0.6) is 5.75 Å². The predicted octanol–water partition coefficient (Wildman–Crippen LogP) is 5.21. The van der Waals surface area contributed by atoms with Crippen LogP contribution >= 0.6 is 0 Å². The molecule has 1 atom stereocenters. The molecule has 1 aliphatic carbocycles. The Morgan fingerprint density at radius 3 is 2.63 bits per heavy atom. The first-order chi connectivity index (χ1) is 21.1. The van der Waals surface area contributed by atoms with E-state index in [-0.39, 0.29) is 11.5 Å². The highest BCUT2D eigenvalue weighted by molar-refractivity contribution is 5.88. The fourth-order valence-electron chi connectivity index (χ4n) is 7.36. The number of rotatable bonds is 5. The van der Waals surface area contributed by atoms with E-state index in [4.69, 9.17) is 25.5 Å². The Hall–Kier alpha value is -4.50. The molecular formula is C34H36N8O. The van der Waals surface area contributed by atoms with Gasteiger partial charge in [-0.15, -0.1) is 0 Å². The molecule has 43 heavy (non-hydrogen) atoms. The van der Waals surface area contributed by atoms with Crippen LogP contribution in [-0.4, -0.2) is 51.5 Å². The van der Waals surface area contributed by atoms with Crippen LogP contribution in [0.25, 0.3) is 11.2 Å². The van der Waals surface area contributed by atoms with Gasteiger partial charge in [0.1, 0.15) is 11.6 Å². The molecule has 1 spiro atoms. The molecule has 1 saturated heterocycles. The lowest BCUT2D eigenvalue weighted by Crippen LogP contribution is -2.44. The first-order valence-corrected chi connectivity index (χ1v) is 15.3. The van der Waals surface area contributed by atoms with Gasteiger partial charge < -0.3 is 20.3 Å². The molecule has 3 aromatic heterocycles. The summed E-state index contributed by atoms with van der Waals surface area (Å²) in [6.07, 6.45) is 8.93. The van der Waals surface area contributed by atoms with Gasteiger partial charge in [0, 0.05) is 31.9 Å². The van der Waals surface area contributed by atoms with Gasteiger partial charge in [-0.2, -0.15) is 5.10 Å². The molecule has 0 unspecified atom stereocenters. The Balaban J connectivity index is 1.13.